The summed E-state index contributed by atoms with van der Waals surface area (Å²) in [4.78, 5) is 21.3. The lowest BCUT2D eigenvalue weighted by atomic mass is 10.0. The molecule has 3 heterocycles. The summed E-state index contributed by atoms with van der Waals surface area (Å²) in [6.45, 7) is 9.30. The van der Waals surface area contributed by atoms with Crippen molar-refractivity contribution in [1.29, 1.82) is 0 Å². The predicted molar refractivity (Wildman–Crippen MR) is 124 cm³/mol. The van der Waals surface area contributed by atoms with E-state index >= 15 is 0 Å². The lowest BCUT2D eigenvalue weighted by molar-refractivity contribution is -0.118. The smallest absolute Gasteiger partial charge is 0.262 e. The first-order valence-corrected chi connectivity index (χ1v) is 11.0. The number of ether oxygens (including phenoxy) is 1. The van der Waals surface area contributed by atoms with Crippen LogP contribution in [0, 0.1) is 13.8 Å². The Kier molecular flexibility index (Phi) is 5.24. The molecule has 0 aliphatic carbocycles. The minimum atomic E-state index is -0.0859. The maximum absolute atomic E-state index is 11.6. The molecule has 1 aromatic heterocycles. The first kappa shape index (κ1) is 19.8. The van der Waals surface area contributed by atoms with E-state index in [1.165, 1.54) is 22.2 Å². The van der Waals surface area contributed by atoms with Crippen LogP contribution >= 0.6 is 0 Å². The molecule has 3 aromatic rings. The maximum Gasteiger partial charge on any atom is 0.262 e. The number of fused-ring (bicyclic) bond motifs is 2. The Hall–Kier alpha value is -3.12. The molecule has 0 unspecified atom stereocenters. The number of aromatic nitrogens is 1. The van der Waals surface area contributed by atoms with Gasteiger partial charge in [-0.25, -0.2) is 0 Å². The Morgan fingerprint density at radius 1 is 1.03 bits per heavy atom. The van der Waals surface area contributed by atoms with E-state index in [0.717, 1.165) is 61.8 Å². The van der Waals surface area contributed by atoms with Gasteiger partial charge in [0.15, 0.2) is 6.61 Å². The average Bonchev–Trinajstić information content (AvgIpc) is 2.78. The molecule has 6 heteroatoms. The van der Waals surface area contributed by atoms with E-state index in [-0.39, 0.29) is 12.5 Å². The third kappa shape index (κ3) is 3.95. The van der Waals surface area contributed by atoms with Gasteiger partial charge >= 0.3 is 0 Å². The van der Waals surface area contributed by atoms with Gasteiger partial charge in [0.1, 0.15) is 5.75 Å². The number of nitrogens with one attached hydrogen (secondary N) is 1. The number of rotatable bonds is 4. The summed E-state index contributed by atoms with van der Waals surface area (Å²) >= 11 is 0. The highest BCUT2D eigenvalue weighted by molar-refractivity contribution is 5.96. The summed E-state index contributed by atoms with van der Waals surface area (Å²) in [5, 5.41) is 4.15. The minimum Gasteiger partial charge on any atom is -0.481 e. The molecule has 0 saturated carbocycles. The number of aryl methyl sites for hydroxylation is 2. The zero-order valence-corrected chi connectivity index (χ0v) is 18.1. The SMILES string of the molecule is Cc1ccc2c(N3CCN(CCc4c(C)ccc5c4OCC(=O)N5)CC3)cccc2n1. The molecule has 0 spiro atoms. The molecule has 2 aromatic carbocycles. The number of nitrogens with zero attached hydrogens (tertiary/aromatic N) is 3. The van der Waals surface area contributed by atoms with Gasteiger partial charge in [0.2, 0.25) is 0 Å². The van der Waals surface area contributed by atoms with Crippen LogP contribution in [0.1, 0.15) is 16.8 Å². The molecule has 0 bridgehead atoms. The van der Waals surface area contributed by atoms with Crippen molar-refractivity contribution in [1.82, 2.24) is 9.88 Å². The van der Waals surface area contributed by atoms with E-state index in [1.54, 1.807) is 0 Å². The van der Waals surface area contributed by atoms with Crippen molar-refractivity contribution >= 4 is 28.2 Å². The van der Waals surface area contributed by atoms with Crippen LogP contribution in [0.2, 0.25) is 0 Å². The second kappa shape index (κ2) is 8.19. The molecule has 31 heavy (non-hydrogen) atoms. The van der Waals surface area contributed by atoms with E-state index in [0.29, 0.717) is 0 Å². The van der Waals surface area contributed by atoms with Crippen LogP contribution in [0.25, 0.3) is 10.9 Å². The third-order valence-corrected chi connectivity index (χ3v) is 6.36. The fourth-order valence-electron chi connectivity index (χ4n) is 4.62. The zero-order chi connectivity index (χ0) is 21.4. The molecule has 2 aliphatic rings. The Morgan fingerprint density at radius 2 is 1.87 bits per heavy atom. The zero-order valence-electron chi connectivity index (χ0n) is 18.1. The van der Waals surface area contributed by atoms with E-state index in [9.17, 15) is 4.79 Å². The number of carbonyl (C=O) groups excluding carboxylic acids is 1. The van der Waals surface area contributed by atoms with Crippen LogP contribution in [-0.2, 0) is 11.2 Å². The summed E-state index contributed by atoms with van der Waals surface area (Å²) in [5.41, 5.74) is 6.61. The van der Waals surface area contributed by atoms with Crippen LogP contribution in [-0.4, -0.2) is 55.1 Å². The first-order chi connectivity index (χ1) is 15.1. The number of hydrogen-bond acceptors (Lipinski definition) is 5. The van der Waals surface area contributed by atoms with Crippen molar-refractivity contribution in [3.63, 3.8) is 0 Å². The molecule has 1 fully saturated rings. The molecule has 0 atom stereocenters. The van der Waals surface area contributed by atoms with Gasteiger partial charge in [-0.2, -0.15) is 0 Å². The van der Waals surface area contributed by atoms with Crippen molar-refractivity contribution < 1.29 is 9.53 Å². The number of hydrogen-bond donors (Lipinski definition) is 1. The molecular weight excluding hydrogens is 388 g/mol. The van der Waals surface area contributed by atoms with Gasteiger partial charge in [-0.1, -0.05) is 12.1 Å². The van der Waals surface area contributed by atoms with E-state index in [2.05, 4.69) is 63.4 Å². The Balaban J connectivity index is 1.25. The van der Waals surface area contributed by atoms with Crippen molar-refractivity contribution in [2.24, 2.45) is 0 Å². The number of benzene rings is 2. The molecule has 1 saturated heterocycles. The van der Waals surface area contributed by atoms with Crippen molar-refractivity contribution in [2.75, 3.05) is 49.5 Å². The minimum absolute atomic E-state index is 0.0859. The van der Waals surface area contributed by atoms with Gasteiger partial charge in [0.05, 0.1) is 11.2 Å². The monoisotopic (exact) mass is 416 g/mol. The van der Waals surface area contributed by atoms with Gasteiger partial charge in [-0.3, -0.25) is 14.7 Å². The molecular formula is C25H28N4O2. The summed E-state index contributed by atoms with van der Waals surface area (Å²) in [6, 6.07) is 14.7. The topological polar surface area (TPSA) is 57.7 Å². The van der Waals surface area contributed by atoms with Crippen LogP contribution in [0.3, 0.4) is 0 Å². The summed E-state index contributed by atoms with van der Waals surface area (Å²) < 4.78 is 5.77. The highest BCUT2D eigenvalue weighted by atomic mass is 16.5. The predicted octanol–water partition coefficient (Wildman–Crippen LogP) is 3.55. The van der Waals surface area contributed by atoms with Crippen LogP contribution in [0.4, 0.5) is 11.4 Å². The number of carbonyl (C=O) groups is 1. The van der Waals surface area contributed by atoms with Gasteiger partial charge in [-0.15, -0.1) is 0 Å². The molecule has 2 aliphatic heterocycles. The number of pyridine rings is 1. The Morgan fingerprint density at radius 3 is 2.71 bits per heavy atom. The van der Waals surface area contributed by atoms with E-state index < -0.39 is 0 Å². The summed E-state index contributed by atoms with van der Waals surface area (Å²) in [5.74, 6) is 0.758. The lowest BCUT2D eigenvalue weighted by Gasteiger charge is -2.36. The second-order valence-corrected chi connectivity index (χ2v) is 8.45. The second-order valence-electron chi connectivity index (χ2n) is 8.45. The quantitative estimate of drug-likeness (QED) is 0.705. The van der Waals surface area contributed by atoms with E-state index in [1.807, 2.05) is 13.0 Å². The van der Waals surface area contributed by atoms with Crippen molar-refractivity contribution in [3.05, 3.63) is 59.3 Å². The molecule has 1 amide bonds. The number of piperazine rings is 1. The van der Waals surface area contributed by atoms with Gasteiger partial charge in [-0.05, 0) is 56.2 Å². The molecule has 1 N–H and O–H groups in total. The van der Waals surface area contributed by atoms with Crippen LogP contribution < -0.4 is 15.0 Å². The van der Waals surface area contributed by atoms with Crippen LogP contribution in [0.15, 0.2) is 42.5 Å². The number of anilines is 2. The highest BCUT2D eigenvalue weighted by Crippen LogP contribution is 2.34. The number of amides is 1. The maximum atomic E-state index is 11.6. The summed E-state index contributed by atoms with van der Waals surface area (Å²) in [6.07, 6.45) is 0.919. The normalized spacial score (nSPS) is 16.7. The van der Waals surface area contributed by atoms with Crippen molar-refractivity contribution in [3.8, 4) is 5.75 Å². The standard InChI is InChI=1S/C25H28N4O2/c1-17-6-9-22-25(31-16-24(30)27-22)19(17)10-11-28-12-14-29(15-13-28)23-5-3-4-21-20(23)8-7-18(2)26-21/h3-9H,10-16H2,1-2H3,(H,27,30). The van der Waals surface area contributed by atoms with Gasteiger partial charge in [0, 0.05) is 55.1 Å². The Bertz CT molecular complexity index is 1140. The average molecular weight is 417 g/mol. The first-order valence-electron chi connectivity index (χ1n) is 11.0. The summed E-state index contributed by atoms with van der Waals surface area (Å²) in [7, 11) is 0. The van der Waals surface area contributed by atoms with E-state index in [4.69, 9.17) is 4.74 Å². The van der Waals surface area contributed by atoms with Crippen LogP contribution in [0.5, 0.6) is 5.75 Å². The molecule has 160 valence electrons. The largest absolute Gasteiger partial charge is 0.481 e. The fraction of sp³-hybridized carbons (Fsp3) is 0.360. The van der Waals surface area contributed by atoms with Gasteiger partial charge in [0.25, 0.3) is 5.91 Å². The highest BCUT2D eigenvalue weighted by Gasteiger charge is 2.23. The lowest BCUT2D eigenvalue weighted by Crippen LogP contribution is -2.47. The van der Waals surface area contributed by atoms with Gasteiger partial charge < -0.3 is 15.0 Å². The fourth-order valence-corrected chi connectivity index (χ4v) is 4.62. The molecule has 0 radical (unpaired) electrons. The molecule has 6 nitrogen and oxygen atoms in total. The Labute approximate surface area is 182 Å². The molecule has 5 rings (SSSR count). The third-order valence-electron chi connectivity index (χ3n) is 6.36. The van der Waals surface area contributed by atoms with Crippen molar-refractivity contribution in [2.45, 2.75) is 20.3 Å².